The number of ether oxygens (including phenoxy) is 4. The SMILES string of the molecule is COC(=O)CCCC(=O)c1cc([N+](=O)[O-])cc(C2=COC(Cc3ccccc3)O2)c1C(=O)OC. The lowest BCUT2D eigenvalue weighted by atomic mass is 9.94. The van der Waals surface area contributed by atoms with E-state index in [1.807, 2.05) is 30.3 Å². The minimum absolute atomic E-state index is 0.00734. The van der Waals surface area contributed by atoms with Crippen LogP contribution in [-0.2, 0) is 30.2 Å². The molecule has 3 rings (SSSR count). The number of carbonyl (C=O) groups excluding carboxylic acids is 3. The van der Waals surface area contributed by atoms with Gasteiger partial charge in [0.25, 0.3) is 5.69 Å². The van der Waals surface area contributed by atoms with E-state index in [2.05, 4.69) is 4.74 Å². The standard InChI is InChI=1S/C24H23NO9/c1-31-21(27)10-6-9-19(26)17-12-16(25(29)30)13-18(23(17)24(28)32-2)20-14-33-22(34-20)11-15-7-4-3-5-8-15/h3-5,7-8,12-14,22H,6,9-11H2,1-2H3. The Hall–Kier alpha value is -4.21. The highest BCUT2D eigenvalue weighted by Gasteiger charge is 2.31. The number of esters is 2. The number of benzene rings is 2. The Kier molecular flexibility index (Phi) is 7.96. The fourth-order valence-electron chi connectivity index (χ4n) is 3.46. The summed E-state index contributed by atoms with van der Waals surface area (Å²) in [5.41, 5.74) is 0.169. The molecule has 2 aromatic carbocycles. The summed E-state index contributed by atoms with van der Waals surface area (Å²) in [6, 6.07) is 11.6. The van der Waals surface area contributed by atoms with Gasteiger partial charge in [-0.1, -0.05) is 30.3 Å². The summed E-state index contributed by atoms with van der Waals surface area (Å²) < 4.78 is 20.8. The molecule has 0 radical (unpaired) electrons. The molecule has 0 amide bonds. The molecule has 1 atom stereocenters. The highest BCUT2D eigenvalue weighted by molar-refractivity contribution is 6.09. The Labute approximate surface area is 195 Å². The molecule has 10 heteroatoms. The highest BCUT2D eigenvalue weighted by Crippen LogP contribution is 2.34. The molecule has 0 saturated heterocycles. The van der Waals surface area contributed by atoms with E-state index in [0.29, 0.717) is 6.42 Å². The van der Waals surface area contributed by atoms with Gasteiger partial charge in [0.05, 0.1) is 24.7 Å². The van der Waals surface area contributed by atoms with Gasteiger partial charge in [-0.25, -0.2) is 4.79 Å². The van der Waals surface area contributed by atoms with Crippen molar-refractivity contribution in [1.82, 2.24) is 0 Å². The summed E-state index contributed by atoms with van der Waals surface area (Å²) in [5, 5.41) is 11.6. The monoisotopic (exact) mass is 469 g/mol. The zero-order valence-electron chi connectivity index (χ0n) is 18.6. The number of rotatable bonds is 10. The van der Waals surface area contributed by atoms with Crippen LogP contribution in [0.1, 0.15) is 51.1 Å². The van der Waals surface area contributed by atoms with Gasteiger partial charge in [0, 0.05) is 42.5 Å². The molecule has 1 aliphatic rings. The van der Waals surface area contributed by atoms with Gasteiger partial charge in [-0.15, -0.1) is 0 Å². The summed E-state index contributed by atoms with van der Waals surface area (Å²) >= 11 is 0. The number of methoxy groups -OCH3 is 2. The predicted molar refractivity (Wildman–Crippen MR) is 119 cm³/mol. The molecule has 0 N–H and O–H groups in total. The number of nitrogens with zero attached hydrogens (tertiary/aromatic N) is 1. The van der Waals surface area contributed by atoms with Crippen LogP contribution in [0, 0.1) is 10.1 Å². The van der Waals surface area contributed by atoms with Gasteiger partial charge < -0.3 is 18.9 Å². The van der Waals surface area contributed by atoms with E-state index in [0.717, 1.165) is 24.8 Å². The largest absolute Gasteiger partial charge is 0.469 e. The molecule has 0 aromatic heterocycles. The minimum Gasteiger partial charge on any atom is -0.469 e. The van der Waals surface area contributed by atoms with E-state index >= 15 is 0 Å². The zero-order chi connectivity index (χ0) is 24.7. The Bertz CT molecular complexity index is 1120. The highest BCUT2D eigenvalue weighted by atomic mass is 16.7. The molecule has 10 nitrogen and oxygen atoms in total. The average molecular weight is 469 g/mol. The van der Waals surface area contributed by atoms with Crippen LogP contribution < -0.4 is 0 Å². The van der Waals surface area contributed by atoms with Crippen molar-refractivity contribution in [1.29, 1.82) is 0 Å². The van der Waals surface area contributed by atoms with Crippen molar-refractivity contribution in [3.63, 3.8) is 0 Å². The van der Waals surface area contributed by atoms with Crippen molar-refractivity contribution in [3.05, 3.63) is 81.1 Å². The lowest BCUT2D eigenvalue weighted by molar-refractivity contribution is -0.384. The molecule has 34 heavy (non-hydrogen) atoms. The second kappa shape index (κ2) is 11.1. The second-order valence-corrected chi connectivity index (χ2v) is 7.37. The van der Waals surface area contributed by atoms with Crippen LogP contribution in [0.25, 0.3) is 5.76 Å². The number of hydrogen-bond donors (Lipinski definition) is 0. The van der Waals surface area contributed by atoms with Crippen molar-refractivity contribution >= 4 is 29.2 Å². The van der Waals surface area contributed by atoms with Crippen LogP contribution in [-0.4, -0.2) is 43.2 Å². The van der Waals surface area contributed by atoms with Crippen molar-refractivity contribution in [2.45, 2.75) is 32.0 Å². The first kappa shape index (κ1) is 24.4. The number of Topliss-reactive ketones (excluding diaryl/α,β-unsaturated/α-hetero) is 1. The van der Waals surface area contributed by atoms with E-state index in [1.165, 1.54) is 13.4 Å². The van der Waals surface area contributed by atoms with Gasteiger partial charge in [0.1, 0.15) is 6.26 Å². The molecule has 178 valence electrons. The second-order valence-electron chi connectivity index (χ2n) is 7.37. The number of nitro groups is 1. The molecule has 1 unspecified atom stereocenters. The van der Waals surface area contributed by atoms with Crippen molar-refractivity contribution in [3.8, 4) is 0 Å². The summed E-state index contributed by atoms with van der Waals surface area (Å²) in [6.07, 6.45) is 0.924. The van der Waals surface area contributed by atoms with Crippen LogP contribution >= 0.6 is 0 Å². The lowest BCUT2D eigenvalue weighted by Gasteiger charge is -2.15. The normalized spacial score (nSPS) is 14.4. The van der Waals surface area contributed by atoms with Gasteiger partial charge in [0.15, 0.2) is 11.5 Å². The van der Waals surface area contributed by atoms with Gasteiger partial charge >= 0.3 is 11.9 Å². The van der Waals surface area contributed by atoms with Crippen LogP contribution in [0.15, 0.2) is 48.7 Å². The quantitative estimate of drug-likeness (QED) is 0.220. The van der Waals surface area contributed by atoms with Crippen molar-refractivity contribution in [2.24, 2.45) is 0 Å². The van der Waals surface area contributed by atoms with E-state index in [1.54, 1.807) is 0 Å². The first-order valence-corrected chi connectivity index (χ1v) is 10.4. The van der Waals surface area contributed by atoms with Crippen LogP contribution in [0.4, 0.5) is 5.69 Å². The molecule has 1 aliphatic heterocycles. The minimum atomic E-state index is -0.864. The number of nitro benzene ring substituents is 1. The summed E-state index contributed by atoms with van der Waals surface area (Å²) in [7, 11) is 2.37. The first-order valence-electron chi connectivity index (χ1n) is 10.4. The third kappa shape index (κ3) is 5.77. The van der Waals surface area contributed by atoms with E-state index in [9.17, 15) is 24.5 Å². The Balaban J connectivity index is 1.94. The maximum atomic E-state index is 12.9. The van der Waals surface area contributed by atoms with Crippen LogP contribution in [0.3, 0.4) is 0 Å². The van der Waals surface area contributed by atoms with Crippen LogP contribution in [0.5, 0.6) is 0 Å². The molecule has 0 bridgehead atoms. The third-order valence-electron chi connectivity index (χ3n) is 5.13. The van der Waals surface area contributed by atoms with Crippen molar-refractivity contribution < 1.29 is 38.3 Å². The van der Waals surface area contributed by atoms with Gasteiger partial charge in [-0.05, 0) is 12.0 Å². The molecular formula is C24H23NO9. The smallest absolute Gasteiger partial charge is 0.339 e. The fourth-order valence-corrected chi connectivity index (χ4v) is 3.46. The summed E-state index contributed by atoms with van der Waals surface area (Å²) in [4.78, 5) is 47.8. The lowest BCUT2D eigenvalue weighted by Crippen LogP contribution is -2.16. The molecular weight excluding hydrogens is 446 g/mol. The average Bonchev–Trinajstić information content (AvgIpc) is 3.31. The van der Waals surface area contributed by atoms with E-state index in [-0.39, 0.29) is 41.7 Å². The van der Waals surface area contributed by atoms with Crippen molar-refractivity contribution in [2.75, 3.05) is 14.2 Å². The summed E-state index contributed by atoms with van der Waals surface area (Å²) in [5.74, 6) is -1.85. The van der Waals surface area contributed by atoms with Gasteiger partial charge in [-0.3, -0.25) is 19.7 Å². The summed E-state index contributed by atoms with van der Waals surface area (Å²) in [6.45, 7) is 0. The molecule has 0 fully saturated rings. The van der Waals surface area contributed by atoms with Gasteiger partial charge in [0.2, 0.25) is 6.29 Å². The maximum Gasteiger partial charge on any atom is 0.339 e. The fraction of sp³-hybridized carbons (Fsp3) is 0.292. The first-order chi connectivity index (χ1) is 16.3. The zero-order valence-corrected chi connectivity index (χ0v) is 18.6. The number of non-ortho nitro benzene ring substituents is 1. The maximum absolute atomic E-state index is 12.9. The van der Waals surface area contributed by atoms with Gasteiger partial charge in [-0.2, -0.15) is 0 Å². The predicted octanol–water partition coefficient (Wildman–Crippen LogP) is 3.82. The Morgan fingerprint density at radius 3 is 2.44 bits per heavy atom. The topological polar surface area (TPSA) is 131 Å². The van der Waals surface area contributed by atoms with E-state index in [4.69, 9.17) is 14.2 Å². The Morgan fingerprint density at radius 2 is 1.79 bits per heavy atom. The molecule has 0 aliphatic carbocycles. The third-order valence-corrected chi connectivity index (χ3v) is 5.13. The molecule has 2 aromatic rings. The molecule has 1 heterocycles. The molecule has 0 spiro atoms. The Morgan fingerprint density at radius 1 is 1.06 bits per heavy atom. The number of hydrogen-bond acceptors (Lipinski definition) is 9. The number of carbonyl (C=O) groups is 3. The van der Waals surface area contributed by atoms with Crippen LogP contribution in [0.2, 0.25) is 0 Å². The molecule has 0 saturated carbocycles. The number of ketones is 1. The van der Waals surface area contributed by atoms with E-state index < -0.39 is 34.6 Å².